The molecule has 4 heteroatoms. The zero-order chi connectivity index (χ0) is 10.4. The van der Waals surface area contributed by atoms with Crippen molar-refractivity contribution in [3.8, 4) is 0 Å². The molecule has 1 unspecified atom stereocenters. The second-order valence-corrected chi connectivity index (χ2v) is 2.68. The van der Waals surface area contributed by atoms with Gasteiger partial charge in [0.2, 0.25) is 0 Å². The van der Waals surface area contributed by atoms with Crippen molar-refractivity contribution in [3.63, 3.8) is 0 Å². The number of hydrogen-bond acceptors (Lipinski definition) is 3. The van der Waals surface area contributed by atoms with Gasteiger partial charge in [-0.25, -0.2) is 0 Å². The van der Waals surface area contributed by atoms with Gasteiger partial charge in [0.05, 0.1) is 0 Å². The molecule has 0 spiro atoms. The summed E-state index contributed by atoms with van der Waals surface area (Å²) in [7, 11) is 0. The lowest BCUT2D eigenvalue weighted by Crippen LogP contribution is -2.17. The topological polar surface area (TPSA) is 60.2 Å². The summed E-state index contributed by atoms with van der Waals surface area (Å²) in [6.45, 7) is 0. The fourth-order valence-electron chi connectivity index (χ4n) is 0.939. The molecule has 0 aromatic heterocycles. The highest BCUT2D eigenvalue weighted by Gasteiger charge is 2.12. The van der Waals surface area contributed by atoms with Gasteiger partial charge >= 0.3 is 0 Å². The largest absolute Gasteiger partial charge is 0.295 e. The van der Waals surface area contributed by atoms with Crippen LogP contribution in [0.2, 0.25) is 0 Å². The van der Waals surface area contributed by atoms with Gasteiger partial charge in [0.1, 0.15) is 0 Å². The number of carbonyl (C=O) groups excluding carboxylic acids is 1. The summed E-state index contributed by atoms with van der Waals surface area (Å²) >= 11 is 0. The summed E-state index contributed by atoms with van der Waals surface area (Å²) < 4.78 is 0. The first-order valence-electron chi connectivity index (χ1n) is 4.06. The average molecular weight is 191 g/mol. The molecule has 0 amide bonds. The third kappa shape index (κ3) is 2.82. The molecule has 1 atom stereocenters. The molecule has 0 aliphatic heterocycles. The van der Waals surface area contributed by atoms with Crippen LogP contribution in [0.25, 0.3) is 6.08 Å². The van der Waals surface area contributed by atoms with E-state index in [9.17, 15) is 14.9 Å². The second kappa shape index (κ2) is 4.91. The highest BCUT2D eigenvalue weighted by molar-refractivity contribution is 5.63. The molecule has 0 bridgehead atoms. The standard InChI is InChI=1S/C10H9NO3/c12-8-10(11(13)14)7-6-9-4-2-1-3-5-9/h1-8,10H/b7-6+. The van der Waals surface area contributed by atoms with Crippen molar-refractivity contribution in [2.24, 2.45) is 0 Å². The van der Waals surface area contributed by atoms with Crippen LogP contribution in [0, 0.1) is 10.1 Å². The predicted octanol–water partition coefficient (Wildman–Crippen LogP) is 1.54. The predicted molar refractivity (Wildman–Crippen MR) is 52.3 cm³/mol. The second-order valence-electron chi connectivity index (χ2n) is 2.68. The van der Waals surface area contributed by atoms with E-state index in [2.05, 4.69) is 0 Å². The molecular weight excluding hydrogens is 182 g/mol. The maximum Gasteiger partial charge on any atom is 0.285 e. The van der Waals surface area contributed by atoms with E-state index in [0.717, 1.165) is 5.56 Å². The highest BCUT2D eigenvalue weighted by Crippen LogP contribution is 2.02. The number of rotatable bonds is 4. The first-order valence-corrected chi connectivity index (χ1v) is 4.06. The third-order valence-electron chi connectivity index (χ3n) is 1.67. The summed E-state index contributed by atoms with van der Waals surface area (Å²) in [6.07, 6.45) is 3.13. The van der Waals surface area contributed by atoms with Crippen molar-refractivity contribution >= 4 is 12.4 Å². The summed E-state index contributed by atoms with van der Waals surface area (Å²) in [5, 5.41) is 10.3. The fourth-order valence-corrected chi connectivity index (χ4v) is 0.939. The van der Waals surface area contributed by atoms with Gasteiger partial charge in [0, 0.05) is 4.92 Å². The number of nitro groups is 1. The van der Waals surface area contributed by atoms with Crippen LogP contribution < -0.4 is 0 Å². The Bertz CT molecular complexity index is 346. The van der Waals surface area contributed by atoms with Gasteiger partial charge < -0.3 is 0 Å². The minimum atomic E-state index is -1.25. The SMILES string of the molecule is O=CC(/C=C/c1ccccc1)[N+](=O)[O-]. The van der Waals surface area contributed by atoms with E-state index in [1.54, 1.807) is 18.2 Å². The molecule has 4 nitrogen and oxygen atoms in total. The van der Waals surface area contributed by atoms with E-state index in [0.29, 0.717) is 6.29 Å². The molecule has 0 saturated carbocycles. The highest BCUT2D eigenvalue weighted by atomic mass is 16.6. The van der Waals surface area contributed by atoms with Gasteiger partial charge in [0.15, 0.2) is 6.29 Å². The van der Waals surface area contributed by atoms with Gasteiger partial charge in [-0.05, 0) is 11.6 Å². The molecule has 0 radical (unpaired) electrons. The number of hydrogen-bond donors (Lipinski definition) is 0. The zero-order valence-electron chi connectivity index (χ0n) is 7.37. The van der Waals surface area contributed by atoms with Crippen LogP contribution in [-0.2, 0) is 4.79 Å². The van der Waals surface area contributed by atoms with Crippen LogP contribution >= 0.6 is 0 Å². The van der Waals surface area contributed by atoms with E-state index >= 15 is 0 Å². The van der Waals surface area contributed by atoms with Crippen molar-refractivity contribution in [1.82, 2.24) is 0 Å². The Hall–Kier alpha value is -1.97. The summed E-state index contributed by atoms with van der Waals surface area (Å²) in [5.74, 6) is 0. The number of benzene rings is 1. The van der Waals surface area contributed by atoms with E-state index < -0.39 is 11.0 Å². The molecule has 1 rings (SSSR count). The molecule has 0 heterocycles. The molecule has 1 aromatic rings. The van der Waals surface area contributed by atoms with E-state index in [-0.39, 0.29) is 0 Å². The molecule has 0 saturated heterocycles. The van der Waals surface area contributed by atoms with E-state index in [4.69, 9.17) is 0 Å². The van der Waals surface area contributed by atoms with Crippen molar-refractivity contribution in [2.45, 2.75) is 6.04 Å². The monoisotopic (exact) mass is 191 g/mol. The van der Waals surface area contributed by atoms with Crippen molar-refractivity contribution in [2.75, 3.05) is 0 Å². The third-order valence-corrected chi connectivity index (χ3v) is 1.67. The molecule has 1 aromatic carbocycles. The van der Waals surface area contributed by atoms with Crippen LogP contribution in [0.15, 0.2) is 36.4 Å². The Kier molecular flexibility index (Phi) is 3.55. The van der Waals surface area contributed by atoms with Crippen molar-refractivity contribution in [3.05, 3.63) is 52.1 Å². The maximum atomic E-state index is 10.3. The van der Waals surface area contributed by atoms with Crippen LogP contribution in [0.3, 0.4) is 0 Å². The van der Waals surface area contributed by atoms with Gasteiger partial charge in [-0.1, -0.05) is 36.4 Å². The van der Waals surface area contributed by atoms with Crippen LogP contribution in [0.4, 0.5) is 0 Å². The smallest absolute Gasteiger partial charge is 0.285 e. The van der Waals surface area contributed by atoms with Crippen LogP contribution in [-0.4, -0.2) is 17.3 Å². The van der Waals surface area contributed by atoms with Gasteiger partial charge in [-0.2, -0.15) is 0 Å². The van der Waals surface area contributed by atoms with Crippen LogP contribution in [0.5, 0.6) is 0 Å². The molecule has 72 valence electrons. The van der Waals surface area contributed by atoms with Gasteiger partial charge in [-0.3, -0.25) is 14.9 Å². The minimum absolute atomic E-state index is 0.305. The number of nitrogens with zero attached hydrogens (tertiary/aromatic N) is 1. The van der Waals surface area contributed by atoms with Gasteiger partial charge in [-0.15, -0.1) is 0 Å². The fraction of sp³-hybridized carbons (Fsp3) is 0.100. The lowest BCUT2D eigenvalue weighted by atomic mass is 10.2. The first-order chi connectivity index (χ1) is 6.74. The summed E-state index contributed by atoms with van der Waals surface area (Å²) in [5.41, 5.74) is 0.834. The Morgan fingerprint density at radius 2 is 1.93 bits per heavy atom. The van der Waals surface area contributed by atoms with Crippen molar-refractivity contribution in [1.29, 1.82) is 0 Å². The zero-order valence-corrected chi connectivity index (χ0v) is 7.37. The summed E-state index contributed by atoms with van der Waals surface area (Å²) in [4.78, 5) is 19.9. The lowest BCUT2D eigenvalue weighted by molar-refractivity contribution is -0.492. The Morgan fingerprint density at radius 1 is 1.29 bits per heavy atom. The maximum absolute atomic E-state index is 10.3. The molecule has 14 heavy (non-hydrogen) atoms. The molecule has 0 aliphatic rings. The number of aldehydes is 1. The number of carbonyl (C=O) groups is 1. The Balaban J connectivity index is 2.72. The van der Waals surface area contributed by atoms with Crippen molar-refractivity contribution < 1.29 is 9.72 Å². The molecule has 0 aliphatic carbocycles. The van der Waals surface area contributed by atoms with Crippen LogP contribution in [0.1, 0.15) is 5.56 Å². The van der Waals surface area contributed by atoms with E-state index in [1.807, 2.05) is 18.2 Å². The van der Waals surface area contributed by atoms with Gasteiger partial charge in [0.25, 0.3) is 6.04 Å². The molecule has 0 N–H and O–H groups in total. The average Bonchev–Trinajstić information content (AvgIpc) is 2.20. The molecular formula is C10H9NO3. The van der Waals surface area contributed by atoms with E-state index in [1.165, 1.54) is 6.08 Å². The Morgan fingerprint density at radius 3 is 2.43 bits per heavy atom. The first kappa shape index (κ1) is 10.1. The minimum Gasteiger partial charge on any atom is -0.295 e. The lowest BCUT2D eigenvalue weighted by Gasteiger charge is -1.94. The normalized spacial score (nSPS) is 12.6. The molecule has 0 fully saturated rings. The summed E-state index contributed by atoms with van der Waals surface area (Å²) in [6, 6.07) is 7.84. The quantitative estimate of drug-likeness (QED) is 0.412. The Labute approximate surface area is 81.0 Å².